The molecule has 0 aliphatic heterocycles. The summed E-state index contributed by atoms with van der Waals surface area (Å²) in [5.74, 6) is 12.4. The molecule has 0 atom stereocenters. The Kier molecular flexibility index (Phi) is 25.4. The van der Waals surface area contributed by atoms with Crippen LogP contribution >= 0.6 is 0 Å². The number of halogens is 1. The molecule has 1 heteroatoms. The molecule has 0 spiro atoms. The molecule has 0 rings (SSSR count). The van der Waals surface area contributed by atoms with E-state index in [0.29, 0.717) is 0 Å². The topological polar surface area (TPSA) is 0 Å². The van der Waals surface area contributed by atoms with E-state index in [2.05, 4.69) is 37.5 Å². The van der Waals surface area contributed by atoms with Gasteiger partial charge in [-0.15, -0.1) is 0 Å². The lowest BCUT2D eigenvalue weighted by Crippen LogP contribution is -3.00. The van der Waals surface area contributed by atoms with E-state index in [-0.39, 0.29) is 12.4 Å². The minimum atomic E-state index is 0. The summed E-state index contributed by atoms with van der Waals surface area (Å²) < 4.78 is 0. The minimum absolute atomic E-state index is 0. The van der Waals surface area contributed by atoms with Crippen LogP contribution in [0, 0.1) is 23.7 Å². The molecular formula is C22H38Cl-. The highest BCUT2D eigenvalue weighted by molar-refractivity contribution is 5.25. The van der Waals surface area contributed by atoms with Gasteiger partial charge in [0.05, 0.1) is 0 Å². The van der Waals surface area contributed by atoms with Crippen molar-refractivity contribution in [3.05, 3.63) is 0 Å². The molecule has 0 aliphatic rings. The molecule has 0 amide bonds. The van der Waals surface area contributed by atoms with Gasteiger partial charge in [-0.2, -0.15) is 0 Å². The van der Waals surface area contributed by atoms with Crippen molar-refractivity contribution in [1.29, 1.82) is 0 Å². The average Bonchev–Trinajstić information content (AvgIpc) is 2.54. The molecule has 0 bridgehead atoms. The first-order valence-corrected chi connectivity index (χ1v) is 9.87. The first-order valence-electron chi connectivity index (χ1n) is 9.87. The highest BCUT2D eigenvalue weighted by Gasteiger charge is 1.89. The fraction of sp³-hybridized carbons (Fsp3) is 0.818. The maximum Gasteiger partial charge on any atom is 0.00989 e. The fourth-order valence-electron chi connectivity index (χ4n) is 2.55. The molecule has 0 nitrogen and oxygen atoms in total. The summed E-state index contributed by atoms with van der Waals surface area (Å²) in [4.78, 5) is 0. The Morgan fingerprint density at radius 2 is 0.739 bits per heavy atom. The summed E-state index contributed by atoms with van der Waals surface area (Å²) in [6.07, 6.45) is 21.1. The second-order valence-corrected chi connectivity index (χ2v) is 6.35. The van der Waals surface area contributed by atoms with Gasteiger partial charge >= 0.3 is 0 Å². The summed E-state index contributed by atoms with van der Waals surface area (Å²) in [6.45, 7) is 4.54. The van der Waals surface area contributed by atoms with Crippen molar-refractivity contribution in [1.82, 2.24) is 0 Å². The van der Waals surface area contributed by atoms with Gasteiger partial charge in [-0.25, -0.2) is 0 Å². The van der Waals surface area contributed by atoms with E-state index in [1.165, 1.54) is 89.9 Å². The first-order chi connectivity index (χ1) is 10.9. The Morgan fingerprint density at radius 1 is 0.435 bits per heavy atom. The van der Waals surface area contributed by atoms with Crippen molar-refractivity contribution >= 4 is 0 Å². The lowest BCUT2D eigenvalue weighted by Gasteiger charge is -1.97. The van der Waals surface area contributed by atoms with Gasteiger partial charge in [-0.3, -0.25) is 0 Å². The average molecular weight is 338 g/mol. The van der Waals surface area contributed by atoms with Gasteiger partial charge in [0.15, 0.2) is 0 Å². The zero-order chi connectivity index (χ0) is 16.1. The predicted octanol–water partition coefficient (Wildman–Crippen LogP) is 4.28. The Balaban J connectivity index is 0. The first kappa shape index (κ1) is 24.7. The largest absolute Gasteiger partial charge is 1.00 e. The highest BCUT2D eigenvalue weighted by Crippen LogP contribution is 2.08. The minimum Gasteiger partial charge on any atom is -1.00 e. The van der Waals surface area contributed by atoms with Crippen LogP contribution in [0.2, 0.25) is 0 Å². The summed E-state index contributed by atoms with van der Waals surface area (Å²) in [5, 5.41) is 0. The van der Waals surface area contributed by atoms with Crippen molar-refractivity contribution in [3.63, 3.8) is 0 Å². The van der Waals surface area contributed by atoms with Gasteiger partial charge in [-0.1, -0.05) is 103 Å². The van der Waals surface area contributed by atoms with Crippen molar-refractivity contribution < 1.29 is 12.4 Å². The molecule has 0 heterocycles. The molecule has 0 aromatic heterocycles. The number of hydrogen-bond donors (Lipinski definition) is 0. The lowest BCUT2D eigenvalue weighted by molar-refractivity contribution is -0.00000486. The molecule has 0 saturated heterocycles. The van der Waals surface area contributed by atoms with Crippen LogP contribution in [0.4, 0.5) is 0 Å². The van der Waals surface area contributed by atoms with Gasteiger partial charge in [0.2, 0.25) is 0 Å². The number of rotatable bonds is 14. The van der Waals surface area contributed by atoms with Crippen molar-refractivity contribution in [2.24, 2.45) is 0 Å². The fourth-order valence-corrected chi connectivity index (χ4v) is 2.55. The molecule has 0 radical (unpaired) electrons. The molecule has 0 aromatic carbocycles. The second kappa shape index (κ2) is 23.7. The van der Waals surface area contributed by atoms with Crippen LogP contribution in [-0.2, 0) is 0 Å². The molecule has 0 aliphatic carbocycles. The summed E-state index contributed by atoms with van der Waals surface area (Å²) >= 11 is 0. The van der Waals surface area contributed by atoms with E-state index >= 15 is 0 Å². The third kappa shape index (κ3) is 23.8. The van der Waals surface area contributed by atoms with Crippen molar-refractivity contribution in [2.75, 3.05) is 0 Å². The lowest BCUT2D eigenvalue weighted by atomic mass is 10.1. The third-order valence-corrected chi connectivity index (χ3v) is 4.05. The van der Waals surface area contributed by atoms with Crippen LogP contribution in [0.3, 0.4) is 0 Å². The van der Waals surface area contributed by atoms with Gasteiger partial charge in [0.1, 0.15) is 0 Å². The Hall–Kier alpha value is -0.590. The Morgan fingerprint density at radius 3 is 1.09 bits per heavy atom. The highest BCUT2D eigenvalue weighted by atomic mass is 35.5. The summed E-state index contributed by atoms with van der Waals surface area (Å²) in [6, 6.07) is 0. The summed E-state index contributed by atoms with van der Waals surface area (Å²) in [7, 11) is 0. The molecule has 134 valence electrons. The maximum absolute atomic E-state index is 3.19. The maximum atomic E-state index is 3.19. The molecule has 0 fully saturated rings. The van der Waals surface area contributed by atoms with Crippen LogP contribution in [0.15, 0.2) is 0 Å². The normalized spacial score (nSPS) is 9.30. The standard InChI is InChI=1S/C22H38.ClH/c1-3-5-7-9-11-13-15-17-19-21-22-20-18-16-14-12-10-8-6-4-2;/h3-18H2,1-2H3;1H/p-1. The van der Waals surface area contributed by atoms with Crippen LogP contribution in [0.25, 0.3) is 0 Å². The molecule has 0 aromatic rings. The van der Waals surface area contributed by atoms with Gasteiger partial charge in [0, 0.05) is 12.8 Å². The van der Waals surface area contributed by atoms with E-state index in [9.17, 15) is 0 Å². The molecular weight excluding hydrogens is 300 g/mol. The molecule has 0 saturated carbocycles. The Bertz CT molecular complexity index is 289. The van der Waals surface area contributed by atoms with E-state index < -0.39 is 0 Å². The molecule has 0 unspecified atom stereocenters. The van der Waals surface area contributed by atoms with Gasteiger partial charge in [-0.05, 0) is 24.7 Å². The summed E-state index contributed by atoms with van der Waals surface area (Å²) in [5.41, 5.74) is 0. The zero-order valence-electron chi connectivity index (χ0n) is 15.7. The van der Waals surface area contributed by atoms with Crippen LogP contribution in [-0.4, -0.2) is 0 Å². The van der Waals surface area contributed by atoms with Crippen LogP contribution in [0.1, 0.15) is 117 Å². The van der Waals surface area contributed by atoms with Gasteiger partial charge < -0.3 is 12.4 Å². The van der Waals surface area contributed by atoms with Crippen LogP contribution in [0.5, 0.6) is 0 Å². The monoisotopic (exact) mass is 337 g/mol. The van der Waals surface area contributed by atoms with E-state index in [1.54, 1.807) is 0 Å². The van der Waals surface area contributed by atoms with Crippen molar-refractivity contribution in [3.8, 4) is 23.7 Å². The molecule has 23 heavy (non-hydrogen) atoms. The predicted molar refractivity (Wildman–Crippen MR) is 101 cm³/mol. The van der Waals surface area contributed by atoms with E-state index in [1.807, 2.05) is 0 Å². The van der Waals surface area contributed by atoms with Crippen LogP contribution < -0.4 is 12.4 Å². The number of hydrogen-bond acceptors (Lipinski definition) is 0. The second-order valence-electron chi connectivity index (χ2n) is 6.35. The smallest absolute Gasteiger partial charge is 0.00989 e. The quantitative estimate of drug-likeness (QED) is 0.328. The molecule has 0 N–H and O–H groups in total. The Labute approximate surface area is 153 Å². The third-order valence-electron chi connectivity index (χ3n) is 4.05. The van der Waals surface area contributed by atoms with Crippen molar-refractivity contribution in [2.45, 2.75) is 117 Å². The SMILES string of the molecule is CCCCCCCCCC#CC#CCCCCCCCCC.[Cl-]. The van der Waals surface area contributed by atoms with Gasteiger partial charge in [0.25, 0.3) is 0 Å². The van der Waals surface area contributed by atoms with E-state index in [0.717, 1.165) is 12.8 Å². The zero-order valence-corrected chi connectivity index (χ0v) is 16.4. The van der Waals surface area contributed by atoms with E-state index in [4.69, 9.17) is 0 Å². The number of unbranched alkanes of at least 4 members (excludes halogenated alkanes) is 14.